The fraction of sp³-hybridized carbons (Fsp3) is 0.800. The average Bonchev–Trinajstić information content (AvgIpc) is 1.83. The molecule has 0 fully saturated rings. The summed E-state index contributed by atoms with van der Waals surface area (Å²) < 4.78 is 0. The van der Waals surface area contributed by atoms with Crippen molar-refractivity contribution in [2.24, 2.45) is 0 Å². The number of hydrogen-bond acceptors (Lipinski definition) is 3. The highest BCUT2D eigenvalue weighted by Gasteiger charge is 1.96. The van der Waals surface area contributed by atoms with Gasteiger partial charge in [0.1, 0.15) is 0 Å². The lowest BCUT2D eigenvalue weighted by molar-refractivity contribution is 0.570. The third-order valence-corrected chi connectivity index (χ3v) is 3.24. The number of carbonyl (C=O) groups excluding carboxylic acids is 1. The largest absolute Gasteiger partial charge is 0.290 e. The molecule has 0 saturated heterocycles. The van der Waals surface area contributed by atoms with Gasteiger partial charge in [-0.15, -0.1) is 0 Å². The normalized spacial score (nSPS) is 13.2. The minimum Gasteiger partial charge on any atom is -0.290 e. The third-order valence-electron chi connectivity index (χ3n) is 0.834. The predicted octanol–water partition coefficient (Wildman–Crippen LogP) is 2.36. The van der Waals surface area contributed by atoms with E-state index < -0.39 is 0 Å². The smallest absolute Gasteiger partial charge is 0.186 e. The van der Waals surface area contributed by atoms with E-state index in [9.17, 15) is 4.79 Å². The van der Waals surface area contributed by atoms with Gasteiger partial charge in [0.15, 0.2) is 5.62 Å². The Labute approximate surface area is 58.0 Å². The summed E-state index contributed by atoms with van der Waals surface area (Å²) >= 11 is 0. The summed E-state index contributed by atoms with van der Waals surface area (Å²) in [4.78, 5) is 9.77. The van der Waals surface area contributed by atoms with Gasteiger partial charge in [-0.2, -0.15) is 0 Å². The lowest BCUT2D eigenvalue weighted by atomic mass is 10.4. The second-order valence-corrected chi connectivity index (χ2v) is 4.04. The third kappa shape index (κ3) is 4.53. The molecule has 0 amide bonds. The summed E-state index contributed by atoms with van der Waals surface area (Å²) in [5, 5.41) is 0.602. The minimum atomic E-state index is 0.602. The molecule has 0 spiro atoms. The van der Waals surface area contributed by atoms with E-state index in [0.717, 1.165) is 12.0 Å². The summed E-state index contributed by atoms with van der Waals surface area (Å²) in [6, 6.07) is 0. The Bertz CT molecular complexity index is 65.4. The van der Waals surface area contributed by atoms with Crippen LogP contribution in [0.5, 0.6) is 0 Å². The van der Waals surface area contributed by atoms with Crippen LogP contribution in [0.1, 0.15) is 20.3 Å². The van der Waals surface area contributed by atoms with Crippen molar-refractivity contribution in [1.82, 2.24) is 0 Å². The fourth-order valence-corrected chi connectivity index (χ4v) is 1.67. The van der Waals surface area contributed by atoms with Crippen LogP contribution in [0.3, 0.4) is 0 Å². The maximum absolute atomic E-state index is 9.77. The zero-order valence-corrected chi connectivity index (χ0v) is 6.72. The molecule has 1 nitrogen and oxygen atoms in total. The summed E-state index contributed by atoms with van der Waals surface area (Å²) in [6.07, 6.45) is 1.13. The van der Waals surface area contributed by atoms with Gasteiger partial charge < -0.3 is 0 Å². The Morgan fingerprint density at radius 2 is 2.38 bits per heavy atom. The zero-order chi connectivity index (χ0) is 6.41. The maximum atomic E-state index is 9.77. The van der Waals surface area contributed by atoms with Crippen molar-refractivity contribution in [1.29, 1.82) is 0 Å². The van der Waals surface area contributed by atoms with Crippen molar-refractivity contribution >= 4 is 27.2 Å². The molecule has 0 aliphatic heterocycles. The van der Waals surface area contributed by atoms with Gasteiger partial charge in [0.25, 0.3) is 0 Å². The zero-order valence-electron chi connectivity index (χ0n) is 5.09. The SMILES string of the molecule is CCC(C)SSC=O. The second-order valence-electron chi connectivity index (χ2n) is 1.51. The minimum absolute atomic E-state index is 0.602. The van der Waals surface area contributed by atoms with Crippen molar-refractivity contribution < 1.29 is 4.79 Å². The second kappa shape index (κ2) is 5.51. The Morgan fingerprint density at radius 1 is 1.75 bits per heavy atom. The number of carbonyl (C=O) groups is 1. The lowest BCUT2D eigenvalue weighted by Gasteiger charge is -2.00. The molecule has 48 valence electrons. The molecule has 0 bridgehead atoms. The van der Waals surface area contributed by atoms with E-state index in [0.29, 0.717) is 5.25 Å². The van der Waals surface area contributed by atoms with Gasteiger partial charge in [-0.05, 0) is 17.2 Å². The molecule has 0 aliphatic carbocycles. The van der Waals surface area contributed by atoms with E-state index in [-0.39, 0.29) is 0 Å². The monoisotopic (exact) mass is 150 g/mol. The molecule has 0 N–H and O–H groups in total. The topological polar surface area (TPSA) is 17.1 Å². The van der Waals surface area contributed by atoms with E-state index >= 15 is 0 Å². The Kier molecular flexibility index (Phi) is 5.76. The lowest BCUT2D eigenvalue weighted by Crippen LogP contribution is -1.87. The van der Waals surface area contributed by atoms with Crippen LogP contribution in [0.2, 0.25) is 0 Å². The van der Waals surface area contributed by atoms with E-state index in [2.05, 4.69) is 13.8 Å². The first-order valence-electron chi connectivity index (χ1n) is 2.57. The predicted molar refractivity (Wildman–Crippen MR) is 41.7 cm³/mol. The van der Waals surface area contributed by atoms with Crippen LogP contribution in [0.4, 0.5) is 0 Å². The molecule has 3 heteroatoms. The Hall–Kier alpha value is 0.370. The molecule has 0 heterocycles. The molecule has 0 rings (SSSR count). The van der Waals surface area contributed by atoms with Gasteiger partial charge in [-0.3, -0.25) is 4.79 Å². The summed E-state index contributed by atoms with van der Waals surface area (Å²) in [7, 11) is 2.90. The first kappa shape index (κ1) is 8.37. The van der Waals surface area contributed by atoms with Crippen molar-refractivity contribution in [3.05, 3.63) is 0 Å². The first-order valence-corrected chi connectivity index (χ1v) is 4.84. The Morgan fingerprint density at radius 3 is 2.75 bits per heavy atom. The van der Waals surface area contributed by atoms with Crippen molar-refractivity contribution in [2.75, 3.05) is 0 Å². The average molecular weight is 150 g/mol. The van der Waals surface area contributed by atoms with Gasteiger partial charge in [0.05, 0.1) is 0 Å². The van der Waals surface area contributed by atoms with Crippen LogP contribution in [0, 0.1) is 0 Å². The van der Waals surface area contributed by atoms with Crippen LogP contribution < -0.4 is 0 Å². The molecule has 0 aromatic heterocycles. The molecule has 0 saturated carbocycles. The quantitative estimate of drug-likeness (QED) is 0.452. The molecular formula is C5H10OS2. The first-order chi connectivity index (χ1) is 3.81. The van der Waals surface area contributed by atoms with Gasteiger partial charge in [0.2, 0.25) is 0 Å². The molecule has 0 aromatic carbocycles. The molecule has 1 unspecified atom stereocenters. The van der Waals surface area contributed by atoms with E-state index in [4.69, 9.17) is 0 Å². The molecule has 8 heavy (non-hydrogen) atoms. The van der Waals surface area contributed by atoms with Gasteiger partial charge in [-0.1, -0.05) is 24.6 Å². The standard InChI is InChI=1S/C5H10OS2/c1-3-5(2)8-7-4-6/h4-5H,3H2,1-2H3. The van der Waals surface area contributed by atoms with Crippen LogP contribution in [-0.4, -0.2) is 10.9 Å². The van der Waals surface area contributed by atoms with Crippen LogP contribution >= 0.6 is 21.6 Å². The van der Waals surface area contributed by atoms with Crippen LogP contribution in [-0.2, 0) is 4.79 Å². The van der Waals surface area contributed by atoms with E-state index in [1.54, 1.807) is 10.8 Å². The fourth-order valence-electron chi connectivity index (χ4n) is 0.186. The van der Waals surface area contributed by atoms with Gasteiger partial charge in [0, 0.05) is 5.25 Å². The number of rotatable bonds is 4. The van der Waals surface area contributed by atoms with E-state index in [1.807, 2.05) is 0 Å². The molecular weight excluding hydrogens is 140 g/mol. The molecule has 0 radical (unpaired) electrons. The molecule has 0 aromatic rings. The summed E-state index contributed by atoms with van der Waals surface area (Å²) in [6.45, 7) is 4.23. The van der Waals surface area contributed by atoms with Crippen molar-refractivity contribution in [3.63, 3.8) is 0 Å². The maximum Gasteiger partial charge on any atom is 0.186 e. The van der Waals surface area contributed by atoms with Crippen molar-refractivity contribution in [3.8, 4) is 0 Å². The highest BCUT2D eigenvalue weighted by atomic mass is 33.1. The van der Waals surface area contributed by atoms with Crippen LogP contribution in [0.25, 0.3) is 0 Å². The van der Waals surface area contributed by atoms with Crippen LogP contribution in [0.15, 0.2) is 0 Å². The highest BCUT2D eigenvalue weighted by Crippen LogP contribution is 2.25. The summed E-state index contributed by atoms with van der Waals surface area (Å²) in [5.41, 5.74) is 0.872. The van der Waals surface area contributed by atoms with Gasteiger partial charge in [-0.25, -0.2) is 0 Å². The van der Waals surface area contributed by atoms with Crippen molar-refractivity contribution in [2.45, 2.75) is 25.5 Å². The van der Waals surface area contributed by atoms with E-state index in [1.165, 1.54) is 10.8 Å². The van der Waals surface area contributed by atoms with Gasteiger partial charge >= 0.3 is 0 Å². The number of hydrogen-bond donors (Lipinski definition) is 0. The molecule has 0 aliphatic rings. The summed E-state index contributed by atoms with van der Waals surface area (Å²) in [5.74, 6) is 0. The molecule has 1 atom stereocenters. The Balaban J connectivity index is 2.97. The highest BCUT2D eigenvalue weighted by molar-refractivity contribution is 8.81.